The number of oxazole rings is 1. The zero-order chi connectivity index (χ0) is 22.3. The molecular weight excluding hydrogens is 398 g/mol. The van der Waals surface area contributed by atoms with Gasteiger partial charge in [0.1, 0.15) is 5.69 Å². The van der Waals surface area contributed by atoms with E-state index < -0.39 is 0 Å². The number of fused-ring (bicyclic) bond motifs is 1. The molecule has 0 spiro atoms. The van der Waals surface area contributed by atoms with Gasteiger partial charge in [-0.1, -0.05) is 36.4 Å². The summed E-state index contributed by atoms with van der Waals surface area (Å²) in [4.78, 5) is 8.33. The van der Waals surface area contributed by atoms with E-state index in [0.717, 1.165) is 23.4 Å². The van der Waals surface area contributed by atoms with E-state index in [1.807, 2.05) is 0 Å². The van der Waals surface area contributed by atoms with Crippen molar-refractivity contribution in [2.45, 2.75) is 11.8 Å². The van der Waals surface area contributed by atoms with Gasteiger partial charge in [0.15, 0.2) is 12.2 Å². The average molecular weight is 426 g/mol. The van der Waals surface area contributed by atoms with Crippen molar-refractivity contribution < 1.29 is 4.42 Å². The number of benzene rings is 2. The third-order valence-corrected chi connectivity index (χ3v) is 6.29. The Hall–Kier alpha value is -3.80. The minimum absolute atomic E-state index is 0.323. The lowest BCUT2D eigenvalue weighted by molar-refractivity contribution is 0.569. The smallest absolute Gasteiger partial charge is 0.181 e. The maximum absolute atomic E-state index is 5.51. The summed E-state index contributed by atoms with van der Waals surface area (Å²) in [6.07, 6.45) is 8.40. The highest BCUT2D eigenvalue weighted by atomic mass is 16.3. The number of aromatic amines is 1. The van der Waals surface area contributed by atoms with Crippen molar-refractivity contribution in [1.29, 1.82) is 0 Å². The molecule has 0 saturated heterocycles. The van der Waals surface area contributed by atoms with Gasteiger partial charge in [-0.2, -0.15) is 5.10 Å². The number of hydrogen-bond donors (Lipinski definition) is 1. The minimum Gasteiger partial charge on any atom is -0.442 e. The van der Waals surface area contributed by atoms with Crippen LogP contribution in [0.3, 0.4) is 0 Å². The van der Waals surface area contributed by atoms with Crippen LogP contribution in [0.4, 0.5) is 11.4 Å². The third-order valence-electron chi connectivity index (χ3n) is 6.29. The molecule has 2 aromatic heterocycles. The third kappa shape index (κ3) is 3.28. The van der Waals surface area contributed by atoms with Crippen LogP contribution < -0.4 is 9.80 Å². The van der Waals surface area contributed by atoms with E-state index >= 15 is 0 Å². The molecule has 0 bridgehead atoms. The Bertz CT molecular complexity index is 1220. The van der Waals surface area contributed by atoms with E-state index in [1.165, 1.54) is 28.9 Å². The molecule has 4 aromatic rings. The zero-order valence-electron chi connectivity index (χ0n) is 18.8. The fourth-order valence-electron chi connectivity index (χ4n) is 4.47. The van der Waals surface area contributed by atoms with Crippen LogP contribution in [0, 0.1) is 0 Å². The highest BCUT2D eigenvalue weighted by Crippen LogP contribution is 2.44. The lowest BCUT2D eigenvalue weighted by Gasteiger charge is -2.35. The quantitative estimate of drug-likeness (QED) is 0.500. The molecule has 162 valence electrons. The Morgan fingerprint density at radius 3 is 2.16 bits per heavy atom. The standard InChI is InChI=1S/C26H27N5O/c1-30(2)20-9-5-7-18(13-20)26(19-8-6-10-21(14-19)31(3)4)12-11-22-23(15-26)28-29-25(22)24-16-27-17-32-24/h5-14,16-17H,15H2,1-4H3,(H,28,29). The highest BCUT2D eigenvalue weighted by Gasteiger charge is 2.37. The van der Waals surface area contributed by atoms with Crippen LogP contribution in [-0.4, -0.2) is 43.4 Å². The molecule has 1 N–H and O–H groups in total. The molecule has 0 atom stereocenters. The summed E-state index contributed by atoms with van der Waals surface area (Å²) in [5, 5.41) is 7.83. The molecule has 1 aliphatic rings. The van der Waals surface area contributed by atoms with Crippen LogP contribution in [-0.2, 0) is 11.8 Å². The molecule has 2 heterocycles. The van der Waals surface area contributed by atoms with Crippen LogP contribution in [0.15, 0.2) is 71.6 Å². The van der Waals surface area contributed by atoms with Gasteiger partial charge in [-0.05, 0) is 35.4 Å². The number of nitrogens with zero attached hydrogens (tertiary/aromatic N) is 4. The van der Waals surface area contributed by atoms with E-state index in [1.54, 1.807) is 6.20 Å². The Morgan fingerprint density at radius 2 is 1.59 bits per heavy atom. The van der Waals surface area contributed by atoms with Gasteiger partial charge in [0.05, 0.1) is 6.20 Å². The minimum atomic E-state index is -0.323. The van der Waals surface area contributed by atoms with Gasteiger partial charge in [0, 0.05) is 62.7 Å². The number of aromatic nitrogens is 3. The molecule has 1 aliphatic carbocycles. The first kappa shape index (κ1) is 20.1. The van der Waals surface area contributed by atoms with E-state index in [4.69, 9.17) is 4.42 Å². The van der Waals surface area contributed by atoms with Crippen LogP contribution >= 0.6 is 0 Å². The Morgan fingerprint density at radius 1 is 0.938 bits per heavy atom. The molecule has 6 heteroatoms. The highest BCUT2D eigenvalue weighted by molar-refractivity contribution is 5.74. The number of rotatable bonds is 5. The summed E-state index contributed by atoms with van der Waals surface area (Å²) in [5.74, 6) is 0.670. The summed E-state index contributed by atoms with van der Waals surface area (Å²) in [6, 6.07) is 17.6. The molecule has 0 fully saturated rings. The SMILES string of the molecule is CN(C)c1cccc(C2(c3cccc(N(C)C)c3)C=Cc3c(-c4cnco4)n[nH]c3C2)c1. The van der Waals surface area contributed by atoms with Crippen LogP contribution in [0.25, 0.3) is 17.5 Å². The van der Waals surface area contributed by atoms with Crippen molar-refractivity contribution in [2.24, 2.45) is 0 Å². The van der Waals surface area contributed by atoms with Crippen molar-refractivity contribution in [2.75, 3.05) is 38.0 Å². The fourth-order valence-corrected chi connectivity index (χ4v) is 4.47. The van der Waals surface area contributed by atoms with Gasteiger partial charge in [0.25, 0.3) is 0 Å². The lowest BCUT2D eigenvalue weighted by Crippen LogP contribution is -2.31. The number of nitrogens with one attached hydrogen (secondary N) is 1. The first-order chi connectivity index (χ1) is 15.5. The van der Waals surface area contributed by atoms with Gasteiger partial charge in [-0.25, -0.2) is 4.98 Å². The Labute approximate surface area is 188 Å². The molecule has 0 unspecified atom stereocenters. The second-order valence-electron chi connectivity index (χ2n) is 8.70. The zero-order valence-corrected chi connectivity index (χ0v) is 18.8. The number of hydrogen-bond acceptors (Lipinski definition) is 5. The normalized spacial score (nSPS) is 14.2. The predicted octanol–water partition coefficient (Wildman–Crippen LogP) is 4.75. The van der Waals surface area contributed by atoms with E-state index in [-0.39, 0.29) is 5.41 Å². The average Bonchev–Trinajstić information content (AvgIpc) is 3.48. The second kappa shape index (κ2) is 7.71. The molecule has 2 aromatic carbocycles. The maximum atomic E-state index is 5.51. The Balaban J connectivity index is 1.69. The molecule has 0 aliphatic heterocycles. The van der Waals surface area contributed by atoms with Crippen molar-refractivity contribution in [3.05, 3.63) is 89.6 Å². The first-order valence-electron chi connectivity index (χ1n) is 10.7. The fraction of sp³-hybridized carbons (Fsp3) is 0.231. The van der Waals surface area contributed by atoms with Crippen molar-refractivity contribution in [3.63, 3.8) is 0 Å². The summed E-state index contributed by atoms with van der Waals surface area (Å²) in [6.45, 7) is 0. The van der Waals surface area contributed by atoms with Crippen molar-refractivity contribution in [3.8, 4) is 11.5 Å². The maximum Gasteiger partial charge on any atom is 0.181 e. The summed E-state index contributed by atoms with van der Waals surface area (Å²) in [5.41, 5.74) is 7.47. The molecule has 0 saturated carbocycles. The molecule has 0 radical (unpaired) electrons. The molecule has 5 rings (SSSR count). The first-order valence-corrected chi connectivity index (χ1v) is 10.7. The number of H-pyrrole nitrogens is 1. The van der Waals surface area contributed by atoms with Gasteiger partial charge >= 0.3 is 0 Å². The molecular formula is C26H27N5O. The molecule has 32 heavy (non-hydrogen) atoms. The monoisotopic (exact) mass is 425 g/mol. The predicted molar refractivity (Wildman–Crippen MR) is 129 cm³/mol. The largest absolute Gasteiger partial charge is 0.442 e. The van der Waals surface area contributed by atoms with Crippen LogP contribution in [0.1, 0.15) is 22.4 Å². The molecule has 0 amide bonds. The van der Waals surface area contributed by atoms with E-state index in [0.29, 0.717) is 5.76 Å². The second-order valence-corrected chi connectivity index (χ2v) is 8.70. The van der Waals surface area contributed by atoms with Gasteiger partial charge in [-0.3, -0.25) is 5.10 Å². The van der Waals surface area contributed by atoms with Gasteiger partial charge in [-0.15, -0.1) is 0 Å². The number of allylic oxidation sites excluding steroid dienone is 1. The van der Waals surface area contributed by atoms with E-state index in [2.05, 4.69) is 114 Å². The van der Waals surface area contributed by atoms with Crippen molar-refractivity contribution >= 4 is 17.5 Å². The van der Waals surface area contributed by atoms with Crippen molar-refractivity contribution in [1.82, 2.24) is 15.2 Å². The topological polar surface area (TPSA) is 61.2 Å². The van der Waals surface area contributed by atoms with Crippen LogP contribution in [0.5, 0.6) is 0 Å². The summed E-state index contributed by atoms with van der Waals surface area (Å²) >= 11 is 0. The lowest BCUT2D eigenvalue weighted by atomic mass is 9.68. The molecule has 6 nitrogen and oxygen atoms in total. The van der Waals surface area contributed by atoms with Gasteiger partial charge in [0.2, 0.25) is 0 Å². The van der Waals surface area contributed by atoms with E-state index in [9.17, 15) is 0 Å². The van der Waals surface area contributed by atoms with Gasteiger partial charge < -0.3 is 14.2 Å². The summed E-state index contributed by atoms with van der Waals surface area (Å²) < 4.78 is 5.51. The Kier molecular flexibility index (Phi) is 4.85. The van der Waals surface area contributed by atoms with Crippen LogP contribution in [0.2, 0.25) is 0 Å². The summed E-state index contributed by atoms with van der Waals surface area (Å²) in [7, 11) is 8.30. The number of anilines is 2.